The number of amides is 1. The van der Waals surface area contributed by atoms with Gasteiger partial charge in [-0.2, -0.15) is 0 Å². The van der Waals surface area contributed by atoms with Crippen molar-refractivity contribution in [2.24, 2.45) is 0 Å². The van der Waals surface area contributed by atoms with Crippen LogP contribution in [0.4, 0.5) is 5.69 Å². The molecule has 0 atom stereocenters. The van der Waals surface area contributed by atoms with Gasteiger partial charge in [0, 0.05) is 24.8 Å². The van der Waals surface area contributed by atoms with E-state index in [9.17, 15) is 18.0 Å². The average Bonchev–Trinajstić information content (AvgIpc) is 2.59. The number of sulfonamides is 1. The molecule has 0 aliphatic carbocycles. The lowest BCUT2D eigenvalue weighted by atomic mass is 10.2. The molecule has 0 radical (unpaired) electrons. The molecule has 2 aromatic carbocycles. The molecule has 0 aromatic heterocycles. The van der Waals surface area contributed by atoms with Gasteiger partial charge in [-0.3, -0.25) is 4.79 Å². The molecule has 0 saturated carbocycles. The lowest BCUT2D eigenvalue weighted by Crippen LogP contribution is -2.23. The Morgan fingerprint density at radius 1 is 1.11 bits per heavy atom. The highest BCUT2D eigenvalue weighted by Crippen LogP contribution is 2.23. The number of benzene rings is 2. The number of anilines is 1. The molecule has 0 unspecified atom stereocenters. The number of ether oxygens (including phenoxy) is 1. The topological polar surface area (TPSA) is 92.8 Å². The van der Waals surface area contributed by atoms with Crippen LogP contribution in [0, 0.1) is 0 Å². The van der Waals surface area contributed by atoms with E-state index in [1.165, 1.54) is 32.3 Å². The Bertz CT molecular complexity index is 977. The minimum Gasteiger partial charge on any atom is -0.452 e. The zero-order valence-electron chi connectivity index (χ0n) is 14.4. The second kappa shape index (κ2) is 8.71. The van der Waals surface area contributed by atoms with Crippen LogP contribution in [0.5, 0.6) is 0 Å². The van der Waals surface area contributed by atoms with Gasteiger partial charge in [0.1, 0.15) is 0 Å². The summed E-state index contributed by atoms with van der Waals surface area (Å²) >= 11 is 11.8. The van der Waals surface area contributed by atoms with Gasteiger partial charge in [0.15, 0.2) is 6.61 Å². The highest BCUT2D eigenvalue weighted by molar-refractivity contribution is 7.89. The van der Waals surface area contributed by atoms with Crippen LogP contribution in [0.25, 0.3) is 0 Å². The maximum atomic E-state index is 12.2. The van der Waals surface area contributed by atoms with Crippen LogP contribution >= 0.6 is 23.2 Å². The third kappa shape index (κ3) is 5.43. The fourth-order valence-electron chi connectivity index (χ4n) is 2.00. The Hall–Kier alpha value is -2.13. The first-order valence-corrected chi connectivity index (χ1v) is 9.75. The lowest BCUT2D eigenvalue weighted by molar-refractivity contribution is -0.119. The first-order valence-electron chi connectivity index (χ1n) is 7.56. The predicted molar refractivity (Wildman–Crippen MR) is 103 cm³/mol. The molecule has 2 aromatic rings. The molecule has 144 valence electrons. The average molecular weight is 431 g/mol. The molecule has 27 heavy (non-hydrogen) atoms. The number of carbonyl (C=O) groups is 2. The Morgan fingerprint density at radius 2 is 1.81 bits per heavy atom. The number of hydrogen-bond acceptors (Lipinski definition) is 5. The molecule has 2 rings (SSSR count). The van der Waals surface area contributed by atoms with Crippen molar-refractivity contribution >= 4 is 50.8 Å². The number of esters is 1. The Kier molecular flexibility index (Phi) is 6.83. The summed E-state index contributed by atoms with van der Waals surface area (Å²) in [4.78, 5) is 24.0. The minimum atomic E-state index is -3.75. The molecule has 7 nitrogen and oxygen atoms in total. The molecule has 0 bridgehead atoms. The molecular weight excluding hydrogens is 415 g/mol. The smallest absolute Gasteiger partial charge is 0.340 e. The van der Waals surface area contributed by atoms with Crippen LogP contribution in [-0.4, -0.2) is 45.3 Å². The Balaban J connectivity index is 2.08. The molecule has 0 aliphatic heterocycles. The first kappa shape index (κ1) is 21.2. The van der Waals surface area contributed by atoms with Gasteiger partial charge in [-0.1, -0.05) is 29.3 Å². The number of nitrogens with one attached hydrogen (secondary N) is 1. The quantitative estimate of drug-likeness (QED) is 0.710. The Labute approximate surface area is 166 Å². The monoisotopic (exact) mass is 430 g/mol. The van der Waals surface area contributed by atoms with Gasteiger partial charge in [0.25, 0.3) is 5.91 Å². The van der Waals surface area contributed by atoms with E-state index in [-0.39, 0.29) is 15.5 Å². The van der Waals surface area contributed by atoms with E-state index in [0.29, 0.717) is 10.7 Å². The summed E-state index contributed by atoms with van der Waals surface area (Å²) in [5.41, 5.74) is 0.288. The van der Waals surface area contributed by atoms with Gasteiger partial charge in [-0.05, 0) is 36.4 Å². The molecule has 1 N–H and O–H groups in total. The van der Waals surface area contributed by atoms with E-state index < -0.39 is 28.5 Å². The van der Waals surface area contributed by atoms with Gasteiger partial charge in [-0.25, -0.2) is 17.5 Å². The van der Waals surface area contributed by atoms with Crippen molar-refractivity contribution < 1.29 is 22.7 Å². The number of rotatable bonds is 6. The van der Waals surface area contributed by atoms with E-state index in [1.807, 2.05) is 0 Å². The van der Waals surface area contributed by atoms with Gasteiger partial charge in [-0.15, -0.1) is 0 Å². The maximum absolute atomic E-state index is 12.2. The molecule has 10 heteroatoms. The normalized spacial score (nSPS) is 11.3. The summed E-state index contributed by atoms with van der Waals surface area (Å²) < 4.78 is 30.3. The van der Waals surface area contributed by atoms with Crippen molar-refractivity contribution in [2.75, 3.05) is 26.0 Å². The van der Waals surface area contributed by atoms with Crippen molar-refractivity contribution in [3.63, 3.8) is 0 Å². The summed E-state index contributed by atoms with van der Waals surface area (Å²) in [6.45, 7) is -0.577. The number of carbonyl (C=O) groups excluding carboxylic acids is 2. The van der Waals surface area contributed by atoms with E-state index in [0.717, 1.165) is 10.4 Å². The van der Waals surface area contributed by atoms with E-state index in [2.05, 4.69) is 5.32 Å². The first-order chi connectivity index (χ1) is 12.6. The minimum absolute atomic E-state index is 0.00737. The van der Waals surface area contributed by atoms with Crippen molar-refractivity contribution in [2.45, 2.75) is 4.90 Å². The van der Waals surface area contributed by atoms with Crippen molar-refractivity contribution in [1.82, 2.24) is 4.31 Å². The third-order valence-corrected chi connectivity index (χ3v) is 5.75. The SMILES string of the molecule is CN(C)S(=O)(=O)c1ccc(Cl)c(C(=O)OCC(=O)Nc2cccc(Cl)c2)c1. The molecule has 1 amide bonds. The lowest BCUT2D eigenvalue weighted by Gasteiger charge is -2.13. The molecule has 0 spiro atoms. The zero-order chi connectivity index (χ0) is 20.2. The van der Waals surface area contributed by atoms with Gasteiger partial charge in [0.2, 0.25) is 10.0 Å². The van der Waals surface area contributed by atoms with E-state index in [1.54, 1.807) is 18.2 Å². The molecular formula is C17H16Cl2N2O5S. The van der Waals surface area contributed by atoms with Crippen LogP contribution in [0.3, 0.4) is 0 Å². The number of nitrogens with zero attached hydrogens (tertiary/aromatic N) is 1. The number of halogens is 2. The highest BCUT2D eigenvalue weighted by atomic mass is 35.5. The van der Waals surface area contributed by atoms with Crippen LogP contribution in [-0.2, 0) is 19.6 Å². The largest absolute Gasteiger partial charge is 0.452 e. The van der Waals surface area contributed by atoms with E-state index in [4.69, 9.17) is 27.9 Å². The van der Waals surface area contributed by atoms with Crippen molar-refractivity contribution in [3.8, 4) is 0 Å². The van der Waals surface area contributed by atoms with Gasteiger partial charge < -0.3 is 10.1 Å². The molecule has 0 saturated heterocycles. The third-order valence-electron chi connectivity index (χ3n) is 3.38. The second-order valence-electron chi connectivity index (χ2n) is 5.56. The Morgan fingerprint density at radius 3 is 2.44 bits per heavy atom. The van der Waals surface area contributed by atoms with Crippen molar-refractivity contribution in [1.29, 1.82) is 0 Å². The molecule has 0 aliphatic rings. The summed E-state index contributed by atoms with van der Waals surface area (Å²) in [6.07, 6.45) is 0. The van der Waals surface area contributed by atoms with Crippen LogP contribution < -0.4 is 5.32 Å². The highest BCUT2D eigenvalue weighted by Gasteiger charge is 2.22. The van der Waals surface area contributed by atoms with Crippen LogP contribution in [0.2, 0.25) is 10.0 Å². The number of hydrogen-bond donors (Lipinski definition) is 1. The van der Waals surface area contributed by atoms with Crippen molar-refractivity contribution in [3.05, 3.63) is 58.1 Å². The van der Waals surface area contributed by atoms with Crippen LogP contribution in [0.15, 0.2) is 47.4 Å². The van der Waals surface area contributed by atoms with Gasteiger partial charge >= 0.3 is 5.97 Å². The van der Waals surface area contributed by atoms with Crippen LogP contribution in [0.1, 0.15) is 10.4 Å². The summed E-state index contributed by atoms with van der Waals surface area (Å²) in [5.74, 6) is -1.50. The summed E-state index contributed by atoms with van der Waals surface area (Å²) in [6, 6.07) is 10.1. The summed E-state index contributed by atoms with van der Waals surface area (Å²) in [5, 5.41) is 2.97. The van der Waals surface area contributed by atoms with E-state index >= 15 is 0 Å². The maximum Gasteiger partial charge on any atom is 0.340 e. The fraction of sp³-hybridized carbons (Fsp3) is 0.176. The molecule has 0 fully saturated rings. The fourth-order valence-corrected chi connectivity index (χ4v) is 3.32. The second-order valence-corrected chi connectivity index (χ2v) is 8.56. The standard InChI is InChI=1S/C17H16Cl2N2O5S/c1-21(2)27(24,25)13-6-7-15(19)14(9-13)17(23)26-10-16(22)20-12-5-3-4-11(18)8-12/h3-9H,10H2,1-2H3,(H,20,22). The predicted octanol–water partition coefficient (Wildman–Crippen LogP) is 3.04. The zero-order valence-corrected chi connectivity index (χ0v) is 16.7. The summed E-state index contributed by atoms with van der Waals surface area (Å²) in [7, 11) is -1.02. The molecule has 0 heterocycles. The van der Waals surface area contributed by atoms with Gasteiger partial charge in [0.05, 0.1) is 15.5 Å².